The van der Waals surface area contributed by atoms with Crippen LogP contribution in [0.2, 0.25) is 0 Å². The first kappa shape index (κ1) is 21.9. The topological polar surface area (TPSA) is 63.1 Å². The fraction of sp³-hybridized carbons (Fsp3) is 0.318. The SMILES string of the molecule is O=C(NCCCN1CCc2ccccc2C1)c1nnn(-c2ccc(F)cc2)c1C(F)(F)F. The molecule has 32 heavy (non-hydrogen) atoms. The minimum absolute atomic E-state index is 0.0457. The maximum absolute atomic E-state index is 13.7. The zero-order valence-electron chi connectivity index (χ0n) is 17.1. The number of amides is 1. The van der Waals surface area contributed by atoms with Crippen molar-refractivity contribution in [2.45, 2.75) is 25.6 Å². The third-order valence-electron chi connectivity index (χ3n) is 5.37. The van der Waals surface area contributed by atoms with E-state index in [-0.39, 0.29) is 12.2 Å². The molecule has 6 nitrogen and oxygen atoms in total. The standard InChI is InChI=1S/C22H21F4N5O/c23-17-6-8-18(9-7-17)31-20(22(24,25)26)19(28-29-31)21(32)27-11-3-12-30-13-10-15-4-1-2-5-16(15)14-30/h1-2,4-9H,3,10-14H2,(H,27,32). The van der Waals surface area contributed by atoms with Crippen molar-refractivity contribution in [1.82, 2.24) is 25.2 Å². The van der Waals surface area contributed by atoms with Crippen LogP contribution in [0.15, 0.2) is 48.5 Å². The molecule has 3 aromatic rings. The molecular formula is C22H21F4N5O. The molecule has 0 saturated carbocycles. The molecule has 2 aromatic carbocycles. The minimum Gasteiger partial charge on any atom is -0.351 e. The van der Waals surface area contributed by atoms with Crippen molar-refractivity contribution >= 4 is 5.91 Å². The predicted octanol–water partition coefficient (Wildman–Crippen LogP) is 3.60. The van der Waals surface area contributed by atoms with Crippen LogP contribution >= 0.6 is 0 Å². The Morgan fingerprint density at radius 3 is 2.50 bits per heavy atom. The van der Waals surface area contributed by atoms with Gasteiger partial charge in [-0.1, -0.05) is 29.5 Å². The maximum atomic E-state index is 13.7. The van der Waals surface area contributed by atoms with Gasteiger partial charge in [0.2, 0.25) is 0 Å². The highest BCUT2D eigenvalue weighted by atomic mass is 19.4. The lowest BCUT2D eigenvalue weighted by molar-refractivity contribution is -0.143. The Bertz CT molecular complexity index is 1090. The van der Waals surface area contributed by atoms with Crippen LogP contribution in [0.5, 0.6) is 0 Å². The van der Waals surface area contributed by atoms with Gasteiger partial charge >= 0.3 is 6.18 Å². The zero-order valence-corrected chi connectivity index (χ0v) is 17.1. The van der Waals surface area contributed by atoms with Gasteiger partial charge in [0.05, 0.1) is 5.69 Å². The molecule has 2 heterocycles. The van der Waals surface area contributed by atoms with Crippen molar-refractivity contribution in [2.24, 2.45) is 0 Å². The second-order valence-electron chi connectivity index (χ2n) is 7.58. The Kier molecular flexibility index (Phi) is 6.22. The van der Waals surface area contributed by atoms with Crippen LogP contribution in [0.3, 0.4) is 0 Å². The summed E-state index contributed by atoms with van der Waals surface area (Å²) in [5.74, 6) is -1.55. The first-order valence-electron chi connectivity index (χ1n) is 10.2. The van der Waals surface area contributed by atoms with E-state index in [1.165, 1.54) is 11.1 Å². The Labute approximate surface area is 181 Å². The Morgan fingerprint density at radius 2 is 1.78 bits per heavy atom. The quantitative estimate of drug-likeness (QED) is 0.463. The van der Waals surface area contributed by atoms with Gasteiger partial charge in [-0.25, -0.2) is 9.07 Å². The number of nitrogens with one attached hydrogen (secondary N) is 1. The van der Waals surface area contributed by atoms with Crippen molar-refractivity contribution in [3.05, 3.63) is 76.9 Å². The number of halogens is 4. The molecule has 1 aliphatic heterocycles. The van der Waals surface area contributed by atoms with Crippen molar-refractivity contribution in [2.75, 3.05) is 19.6 Å². The fourth-order valence-corrected chi connectivity index (χ4v) is 3.79. The van der Waals surface area contributed by atoms with E-state index in [2.05, 4.69) is 32.7 Å². The maximum Gasteiger partial charge on any atom is 0.435 e. The molecule has 0 saturated heterocycles. The third-order valence-corrected chi connectivity index (χ3v) is 5.37. The highest BCUT2D eigenvalue weighted by Crippen LogP contribution is 2.32. The number of carbonyl (C=O) groups excluding carboxylic acids is 1. The van der Waals surface area contributed by atoms with Crippen LogP contribution in [-0.2, 0) is 19.1 Å². The van der Waals surface area contributed by atoms with Gasteiger partial charge < -0.3 is 5.32 Å². The van der Waals surface area contributed by atoms with Crippen molar-refractivity contribution in [3.8, 4) is 5.69 Å². The average molecular weight is 447 g/mol. The molecule has 4 rings (SSSR count). The average Bonchev–Trinajstić information content (AvgIpc) is 3.23. The Morgan fingerprint density at radius 1 is 1.06 bits per heavy atom. The highest BCUT2D eigenvalue weighted by molar-refractivity contribution is 5.93. The lowest BCUT2D eigenvalue weighted by Crippen LogP contribution is -2.34. The van der Waals surface area contributed by atoms with Gasteiger partial charge in [-0.2, -0.15) is 13.2 Å². The zero-order chi connectivity index (χ0) is 22.7. The van der Waals surface area contributed by atoms with E-state index < -0.39 is 29.3 Å². The summed E-state index contributed by atoms with van der Waals surface area (Å²) in [6.45, 7) is 2.63. The summed E-state index contributed by atoms with van der Waals surface area (Å²) in [6, 6.07) is 12.5. The molecule has 0 fully saturated rings. The normalized spacial score (nSPS) is 14.2. The van der Waals surface area contributed by atoms with Crippen LogP contribution < -0.4 is 5.32 Å². The van der Waals surface area contributed by atoms with E-state index in [0.717, 1.165) is 43.8 Å². The van der Waals surface area contributed by atoms with Gasteiger partial charge in [0.1, 0.15) is 5.82 Å². The summed E-state index contributed by atoms with van der Waals surface area (Å²) in [5, 5.41) is 9.44. The Balaban J connectivity index is 1.38. The largest absolute Gasteiger partial charge is 0.435 e. The van der Waals surface area contributed by atoms with Crippen LogP contribution in [0.25, 0.3) is 5.69 Å². The summed E-state index contributed by atoms with van der Waals surface area (Å²) >= 11 is 0. The molecule has 10 heteroatoms. The second-order valence-corrected chi connectivity index (χ2v) is 7.58. The smallest absolute Gasteiger partial charge is 0.351 e. The van der Waals surface area contributed by atoms with E-state index in [9.17, 15) is 22.4 Å². The summed E-state index contributed by atoms with van der Waals surface area (Å²) in [6.07, 6.45) is -3.34. The summed E-state index contributed by atoms with van der Waals surface area (Å²) in [4.78, 5) is 14.7. The number of alkyl halides is 3. The monoisotopic (exact) mass is 447 g/mol. The van der Waals surface area contributed by atoms with Gasteiger partial charge in [0.25, 0.3) is 5.91 Å². The van der Waals surface area contributed by atoms with Gasteiger partial charge in [0.15, 0.2) is 11.4 Å². The molecule has 1 N–H and O–H groups in total. The molecule has 1 aromatic heterocycles. The van der Waals surface area contributed by atoms with Gasteiger partial charge in [0, 0.05) is 26.2 Å². The number of benzene rings is 2. The molecule has 0 radical (unpaired) electrons. The molecule has 168 valence electrons. The van der Waals surface area contributed by atoms with Crippen molar-refractivity contribution < 1.29 is 22.4 Å². The van der Waals surface area contributed by atoms with Crippen LogP contribution in [0.1, 0.15) is 33.7 Å². The van der Waals surface area contributed by atoms with E-state index in [1.54, 1.807) is 0 Å². The number of hydrogen-bond acceptors (Lipinski definition) is 4. The summed E-state index contributed by atoms with van der Waals surface area (Å²) < 4.78 is 54.6. The van der Waals surface area contributed by atoms with Gasteiger partial charge in [-0.3, -0.25) is 9.69 Å². The molecule has 1 aliphatic rings. The molecule has 0 bridgehead atoms. The molecular weight excluding hydrogens is 426 g/mol. The van der Waals surface area contributed by atoms with E-state index in [1.807, 2.05) is 12.1 Å². The van der Waals surface area contributed by atoms with Crippen molar-refractivity contribution in [3.63, 3.8) is 0 Å². The molecule has 0 aliphatic carbocycles. The molecule has 0 atom stereocenters. The van der Waals surface area contributed by atoms with Crippen LogP contribution in [0.4, 0.5) is 17.6 Å². The van der Waals surface area contributed by atoms with E-state index in [4.69, 9.17) is 0 Å². The molecule has 0 spiro atoms. The summed E-state index contributed by atoms with van der Waals surface area (Å²) in [5.41, 5.74) is 0.453. The number of fused-ring (bicyclic) bond motifs is 1. The fourth-order valence-electron chi connectivity index (χ4n) is 3.79. The third kappa shape index (κ3) is 4.80. The number of hydrogen-bond donors (Lipinski definition) is 1. The van der Waals surface area contributed by atoms with E-state index >= 15 is 0 Å². The first-order chi connectivity index (χ1) is 15.3. The number of nitrogens with zero attached hydrogens (tertiary/aromatic N) is 4. The predicted molar refractivity (Wildman–Crippen MR) is 109 cm³/mol. The second kappa shape index (κ2) is 9.07. The van der Waals surface area contributed by atoms with E-state index in [0.29, 0.717) is 17.6 Å². The number of aromatic nitrogens is 3. The number of rotatable bonds is 6. The van der Waals surface area contributed by atoms with Gasteiger partial charge in [-0.05, 0) is 48.2 Å². The Hall–Kier alpha value is -3.27. The van der Waals surface area contributed by atoms with Crippen LogP contribution in [-0.4, -0.2) is 45.4 Å². The molecule has 0 unspecified atom stereocenters. The summed E-state index contributed by atoms with van der Waals surface area (Å²) in [7, 11) is 0. The number of carbonyl (C=O) groups is 1. The van der Waals surface area contributed by atoms with Crippen molar-refractivity contribution in [1.29, 1.82) is 0 Å². The van der Waals surface area contributed by atoms with Gasteiger partial charge in [-0.15, -0.1) is 5.10 Å². The minimum atomic E-state index is -4.87. The highest BCUT2D eigenvalue weighted by Gasteiger charge is 2.42. The van der Waals surface area contributed by atoms with Crippen LogP contribution in [0, 0.1) is 5.82 Å². The molecule has 1 amide bonds. The lowest BCUT2D eigenvalue weighted by Gasteiger charge is -2.28. The lowest BCUT2D eigenvalue weighted by atomic mass is 10.00. The first-order valence-corrected chi connectivity index (χ1v) is 10.2.